The quantitative estimate of drug-likeness (QED) is 0.848. The van der Waals surface area contributed by atoms with Gasteiger partial charge in [0.25, 0.3) is 0 Å². The van der Waals surface area contributed by atoms with E-state index in [1.54, 1.807) is 17.9 Å². The number of nitrogens with zero attached hydrogens (tertiary/aromatic N) is 3. The van der Waals surface area contributed by atoms with Crippen LogP contribution in [0.3, 0.4) is 0 Å². The number of hydrogen-bond donors (Lipinski definition) is 0. The van der Waals surface area contributed by atoms with E-state index in [-0.39, 0.29) is 11.1 Å². The van der Waals surface area contributed by atoms with Gasteiger partial charge in [-0.15, -0.1) is 0 Å². The van der Waals surface area contributed by atoms with Crippen molar-refractivity contribution in [3.05, 3.63) is 41.4 Å². The topological polar surface area (TPSA) is 39.9 Å². The molecule has 0 spiro atoms. The molecular weight excluding hydrogens is 276 g/mol. The first-order chi connectivity index (χ1) is 9.06. The van der Waals surface area contributed by atoms with Gasteiger partial charge in [0.05, 0.1) is 6.10 Å². The largest absolute Gasteiger partial charge is 0.485 e. The Morgan fingerprint density at radius 1 is 1.37 bits per heavy atom. The first kappa shape index (κ1) is 13.7. The van der Waals surface area contributed by atoms with Gasteiger partial charge in [0, 0.05) is 18.0 Å². The van der Waals surface area contributed by atoms with E-state index in [0.29, 0.717) is 13.0 Å². The van der Waals surface area contributed by atoms with Crippen LogP contribution in [0.25, 0.3) is 0 Å². The maximum Gasteiger partial charge on any atom is 0.191 e. The number of aromatic nitrogens is 3. The summed E-state index contributed by atoms with van der Waals surface area (Å²) in [6.07, 6.45) is 3.17. The van der Waals surface area contributed by atoms with Gasteiger partial charge in [0.2, 0.25) is 0 Å². The maximum atomic E-state index is 13.5. The number of aryl methyl sites for hydroxylation is 1. The van der Waals surface area contributed by atoms with Crippen molar-refractivity contribution >= 4 is 11.6 Å². The highest BCUT2D eigenvalue weighted by molar-refractivity contribution is 6.30. The van der Waals surface area contributed by atoms with E-state index >= 15 is 0 Å². The maximum absolute atomic E-state index is 13.5. The Bertz CT molecular complexity index is 525. The average Bonchev–Trinajstić information content (AvgIpc) is 2.84. The normalized spacial score (nSPS) is 12.4. The predicted molar refractivity (Wildman–Crippen MR) is 66.1 cm³/mol. The molecule has 0 N–H and O–H groups in total. The van der Waals surface area contributed by atoms with E-state index in [2.05, 4.69) is 10.1 Å². The zero-order chi connectivity index (χ0) is 13.8. The monoisotopic (exact) mass is 287 g/mol. The van der Waals surface area contributed by atoms with Crippen molar-refractivity contribution in [2.75, 3.05) is 0 Å². The summed E-state index contributed by atoms with van der Waals surface area (Å²) in [7, 11) is 0. The molecule has 19 heavy (non-hydrogen) atoms. The molecule has 1 unspecified atom stereocenters. The molecule has 0 radical (unpaired) electrons. The Labute approximate surface area is 114 Å². The summed E-state index contributed by atoms with van der Waals surface area (Å²) in [5.41, 5.74) is 0. The standard InChI is InChI=1S/C12H12ClF2N3O/c1-8(2-3-18-7-16-6-17-18)19-12-10(14)4-9(13)5-11(12)15/h4-8H,2-3H2,1H3. The Kier molecular flexibility index (Phi) is 4.31. The van der Waals surface area contributed by atoms with E-state index < -0.39 is 17.4 Å². The molecule has 0 aliphatic rings. The summed E-state index contributed by atoms with van der Waals surface area (Å²) < 4.78 is 33.9. The lowest BCUT2D eigenvalue weighted by molar-refractivity contribution is 0.184. The third-order valence-corrected chi connectivity index (χ3v) is 2.73. The molecule has 1 aromatic carbocycles. The highest BCUT2D eigenvalue weighted by Crippen LogP contribution is 2.26. The molecule has 2 rings (SSSR count). The summed E-state index contributed by atoms with van der Waals surface area (Å²) in [5.74, 6) is -2.02. The number of hydrogen-bond acceptors (Lipinski definition) is 3. The fraction of sp³-hybridized carbons (Fsp3) is 0.333. The molecule has 7 heteroatoms. The third-order valence-electron chi connectivity index (χ3n) is 2.51. The fourth-order valence-corrected chi connectivity index (χ4v) is 1.76. The molecule has 0 aliphatic heterocycles. The lowest BCUT2D eigenvalue weighted by Crippen LogP contribution is -2.16. The van der Waals surface area contributed by atoms with Gasteiger partial charge in [-0.3, -0.25) is 4.68 Å². The van der Waals surface area contributed by atoms with Crippen LogP contribution in [0.4, 0.5) is 8.78 Å². The van der Waals surface area contributed by atoms with Gasteiger partial charge in [-0.25, -0.2) is 13.8 Å². The van der Waals surface area contributed by atoms with Crippen molar-refractivity contribution in [1.82, 2.24) is 14.8 Å². The number of ether oxygens (including phenoxy) is 1. The molecule has 4 nitrogen and oxygen atoms in total. The molecule has 102 valence electrons. The van der Waals surface area contributed by atoms with Crippen LogP contribution in [0.1, 0.15) is 13.3 Å². The Hall–Kier alpha value is -1.69. The van der Waals surface area contributed by atoms with Crippen LogP contribution in [-0.4, -0.2) is 20.9 Å². The van der Waals surface area contributed by atoms with Crippen molar-refractivity contribution < 1.29 is 13.5 Å². The van der Waals surface area contributed by atoms with Gasteiger partial charge in [0.15, 0.2) is 17.4 Å². The zero-order valence-electron chi connectivity index (χ0n) is 10.2. The van der Waals surface area contributed by atoms with Crippen molar-refractivity contribution in [3.8, 4) is 5.75 Å². The van der Waals surface area contributed by atoms with Gasteiger partial charge < -0.3 is 4.74 Å². The van der Waals surface area contributed by atoms with Crippen LogP contribution >= 0.6 is 11.6 Å². The second kappa shape index (κ2) is 5.97. The molecule has 1 atom stereocenters. The fourth-order valence-electron chi connectivity index (χ4n) is 1.56. The van der Waals surface area contributed by atoms with E-state index in [1.807, 2.05) is 0 Å². The Morgan fingerprint density at radius 3 is 2.63 bits per heavy atom. The molecule has 2 aromatic rings. The minimum atomic E-state index is -0.808. The van der Waals surface area contributed by atoms with Crippen LogP contribution in [0.15, 0.2) is 24.8 Å². The summed E-state index contributed by atoms with van der Waals surface area (Å²) in [6, 6.07) is 2.04. The second-order valence-corrected chi connectivity index (χ2v) is 4.51. The SMILES string of the molecule is CC(CCn1cncn1)Oc1c(F)cc(Cl)cc1F. The summed E-state index contributed by atoms with van der Waals surface area (Å²) in [4.78, 5) is 3.80. The van der Waals surface area contributed by atoms with Crippen molar-refractivity contribution in [2.24, 2.45) is 0 Å². The summed E-state index contributed by atoms with van der Waals surface area (Å²) in [6.45, 7) is 2.28. The summed E-state index contributed by atoms with van der Waals surface area (Å²) >= 11 is 5.53. The van der Waals surface area contributed by atoms with Crippen LogP contribution in [0.2, 0.25) is 5.02 Å². The van der Waals surface area contributed by atoms with E-state index in [0.717, 1.165) is 12.1 Å². The minimum Gasteiger partial charge on any atom is -0.485 e. The molecule has 0 aliphatic carbocycles. The summed E-state index contributed by atoms with van der Waals surface area (Å²) in [5, 5.41) is 3.92. The van der Waals surface area contributed by atoms with Crippen molar-refractivity contribution in [3.63, 3.8) is 0 Å². The van der Waals surface area contributed by atoms with E-state index in [9.17, 15) is 8.78 Å². The average molecular weight is 288 g/mol. The lowest BCUT2D eigenvalue weighted by atomic mass is 10.2. The van der Waals surface area contributed by atoms with Crippen LogP contribution in [-0.2, 0) is 6.54 Å². The van der Waals surface area contributed by atoms with Crippen molar-refractivity contribution in [1.29, 1.82) is 0 Å². The lowest BCUT2D eigenvalue weighted by Gasteiger charge is -2.15. The molecule has 0 saturated carbocycles. The molecule has 0 fully saturated rings. The van der Waals surface area contributed by atoms with Crippen LogP contribution in [0.5, 0.6) is 5.75 Å². The molecule has 1 aromatic heterocycles. The first-order valence-corrected chi connectivity index (χ1v) is 6.07. The zero-order valence-corrected chi connectivity index (χ0v) is 10.9. The van der Waals surface area contributed by atoms with Gasteiger partial charge >= 0.3 is 0 Å². The van der Waals surface area contributed by atoms with Crippen molar-refractivity contribution in [2.45, 2.75) is 26.0 Å². The van der Waals surface area contributed by atoms with Gasteiger partial charge in [-0.1, -0.05) is 11.6 Å². The molecule has 0 bridgehead atoms. The highest BCUT2D eigenvalue weighted by atomic mass is 35.5. The molecule has 0 saturated heterocycles. The number of benzene rings is 1. The molecule has 1 heterocycles. The van der Waals surface area contributed by atoms with Gasteiger partial charge in [-0.2, -0.15) is 5.10 Å². The molecule has 0 amide bonds. The van der Waals surface area contributed by atoms with Gasteiger partial charge in [0.1, 0.15) is 12.7 Å². The number of rotatable bonds is 5. The predicted octanol–water partition coefficient (Wildman–Crippen LogP) is 3.07. The third kappa shape index (κ3) is 3.64. The van der Waals surface area contributed by atoms with E-state index in [4.69, 9.17) is 16.3 Å². The smallest absolute Gasteiger partial charge is 0.191 e. The van der Waals surface area contributed by atoms with Crippen LogP contribution in [0, 0.1) is 11.6 Å². The first-order valence-electron chi connectivity index (χ1n) is 5.70. The Morgan fingerprint density at radius 2 is 2.05 bits per heavy atom. The van der Waals surface area contributed by atoms with Gasteiger partial charge in [-0.05, 0) is 19.1 Å². The highest BCUT2D eigenvalue weighted by Gasteiger charge is 2.15. The van der Waals surface area contributed by atoms with E-state index in [1.165, 1.54) is 6.33 Å². The van der Waals surface area contributed by atoms with Crippen LogP contribution < -0.4 is 4.74 Å². The second-order valence-electron chi connectivity index (χ2n) is 4.07. The Balaban J connectivity index is 1.97. The minimum absolute atomic E-state index is 0.00221. The number of halogens is 3. The molecular formula is C12H12ClF2N3O.